The van der Waals surface area contributed by atoms with E-state index in [9.17, 15) is 9.18 Å². The van der Waals surface area contributed by atoms with Gasteiger partial charge in [-0.25, -0.2) is 4.39 Å². The fraction of sp³-hybridized carbons (Fsp3) is 0.389. The number of carbonyl (C=O) groups excluding carboxylic acids is 1. The van der Waals surface area contributed by atoms with Crippen LogP contribution in [-0.2, 0) is 0 Å². The molecule has 1 aromatic carbocycles. The number of fused-ring (bicyclic) bond motifs is 1. The molecule has 0 atom stereocenters. The van der Waals surface area contributed by atoms with Crippen molar-refractivity contribution in [3.63, 3.8) is 0 Å². The number of furan rings is 1. The number of amides is 1. The monoisotopic (exact) mass is 301 g/mol. The standard InChI is InChI=1S/C18H20FNO2/c1-12-15-11-14(19)7-8-16(15)22-17(12)18(21)20-10-9-13-5-3-2-4-6-13/h5,7-8,11H,2-4,6,9-10H2,1H3,(H,20,21). The van der Waals surface area contributed by atoms with E-state index >= 15 is 0 Å². The Kier molecular flexibility index (Phi) is 4.27. The molecule has 3 nitrogen and oxygen atoms in total. The lowest BCUT2D eigenvalue weighted by Crippen LogP contribution is -2.25. The molecule has 116 valence electrons. The van der Waals surface area contributed by atoms with E-state index in [2.05, 4.69) is 11.4 Å². The minimum atomic E-state index is -0.326. The van der Waals surface area contributed by atoms with E-state index < -0.39 is 0 Å². The van der Waals surface area contributed by atoms with Gasteiger partial charge in [0, 0.05) is 17.5 Å². The van der Waals surface area contributed by atoms with Crippen LogP contribution in [0.25, 0.3) is 11.0 Å². The Morgan fingerprint density at radius 2 is 2.23 bits per heavy atom. The van der Waals surface area contributed by atoms with Crippen molar-refractivity contribution in [3.05, 3.63) is 47.0 Å². The van der Waals surface area contributed by atoms with Crippen molar-refractivity contribution < 1.29 is 13.6 Å². The Morgan fingerprint density at radius 1 is 1.36 bits per heavy atom. The molecule has 22 heavy (non-hydrogen) atoms. The summed E-state index contributed by atoms with van der Waals surface area (Å²) in [7, 11) is 0. The maximum atomic E-state index is 13.3. The number of hydrogen-bond donors (Lipinski definition) is 1. The van der Waals surface area contributed by atoms with Gasteiger partial charge in [0.05, 0.1) is 0 Å². The van der Waals surface area contributed by atoms with Crippen molar-refractivity contribution in [2.75, 3.05) is 6.54 Å². The summed E-state index contributed by atoms with van der Waals surface area (Å²) in [5, 5.41) is 3.55. The molecule has 0 saturated heterocycles. The van der Waals surface area contributed by atoms with Crippen molar-refractivity contribution in [3.8, 4) is 0 Å². The van der Waals surface area contributed by atoms with Crippen molar-refractivity contribution in [2.45, 2.75) is 39.0 Å². The Balaban J connectivity index is 1.67. The Bertz CT molecular complexity index is 730. The predicted molar refractivity (Wildman–Crippen MR) is 84.4 cm³/mol. The number of carbonyl (C=O) groups is 1. The number of nitrogens with one attached hydrogen (secondary N) is 1. The van der Waals surface area contributed by atoms with Gasteiger partial charge >= 0.3 is 0 Å². The van der Waals surface area contributed by atoms with Crippen molar-refractivity contribution in [1.29, 1.82) is 0 Å². The van der Waals surface area contributed by atoms with Crippen LogP contribution in [0.5, 0.6) is 0 Å². The first kappa shape index (κ1) is 14.8. The third-order valence-electron chi connectivity index (χ3n) is 4.22. The summed E-state index contributed by atoms with van der Waals surface area (Å²) < 4.78 is 18.9. The highest BCUT2D eigenvalue weighted by Gasteiger charge is 2.17. The second-order valence-corrected chi connectivity index (χ2v) is 5.81. The number of benzene rings is 1. The summed E-state index contributed by atoms with van der Waals surface area (Å²) in [5.41, 5.74) is 2.65. The van der Waals surface area contributed by atoms with Crippen LogP contribution in [-0.4, -0.2) is 12.5 Å². The Morgan fingerprint density at radius 3 is 3.00 bits per heavy atom. The maximum absolute atomic E-state index is 13.3. The lowest BCUT2D eigenvalue weighted by molar-refractivity contribution is 0.0927. The fourth-order valence-corrected chi connectivity index (χ4v) is 2.96. The van der Waals surface area contributed by atoms with Gasteiger partial charge in [0.2, 0.25) is 0 Å². The van der Waals surface area contributed by atoms with Crippen LogP contribution < -0.4 is 5.32 Å². The first-order valence-corrected chi connectivity index (χ1v) is 7.80. The minimum Gasteiger partial charge on any atom is -0.451 e. The first-order valence-electron chi connectivity index (χ1n) is 7.80. The molecule has 0 unspecified atom stereocenters. The fourth-order valence-electron chi connectivity index (χ4n) is 2.96. The third kappa shape index (κ3) is 3.06. The number of aryl methyl sites for hydroxylation is 1. The van der Waals surface area contributed by atoms with Gasteiger partial charge in [-0.1, -0.05) is 11.6 Å². The summed E-state index contributed by atoms with van der Waals surface area (Å²) in [6.07, 6.45) is 7.97. The molecule has 1 amide bonds. The number of allylic oxidation sites excluding steroid dienone is 1. The molecule has 1 aliphatic rings. The highest BCUT2D eigenvalue weighted by Crippen LogP contribution is 2.26. The largest absolute Gasteiger partial charge is 0.451 e. The first-order chi connectivity index (χ1) is 10.6. The predicted octanol–water partition coefficient (Wildman–Crippen LogP) is 4.50. The summed E-state index contributed by atoms with van der Waals surface area (Å²) in [5.74, 6) is -0.281. The molecule has 1 aromatic heterocycles. The van der Waals surface area contributed by atoms with Crippen molar-refractivity contribution in [1.82, 2.24) is 5.32 Å². The number of hydrogen-bond acceptors (Lipinski definition) is 2. The quantitative estimate of drug-likeness (QED) is 0.845. The molecule has 0 radical (unpaired) electrons. The van der Waals surface area contributed by atoms with Gasteiger partial charge in [-0.15, -0.1) is 0 Å². The molecule has 3 rings (SSSR count). The third-order valence-corrected chi connectivity index (χ3v) is 4.22. The SMILES string of the molecule is Cc1c(C(=O)NCCC2=CCCCC2)oc2ccc(F)cc12. The molecule has 1 N–H and O–H groups in total. The van der Waals surface area contributed by atoms with E-state index in [1.165, 1.54) is 30.5 Å². The summed E-state index contributed by atoms with van der Waals surface area (Å²) in [4.78, 5) is 12.2. The molecule has 1 aliphatic carbocycles. The van der Waals surface area contributed by atoms with E-state index in [1.807, 2.05) is 0 Å². The highest BCUT2D eigenvalue weighted by molar-refractivity contribution is 5.98. The smallest absolute Gasteiger partial charge is 0.287 e. The molecular formula is C18H20FNO2. The van der Waals surface area contributed by atoms with Gasteiger partial charge in [-0.05, 0) is 57.2 Å². The van der Waals surface area contributed by atoms with Gasteiger partial charge in [0.15, 0.2) is 5.76 Å². The van der Waals surface area contributed by atoms with Gasteiger partial charge in [-0.2, -0.15) is 0 Å². The van der Waals surface area contributed by atoms with Crippen LogP contribution in [0.1, 0.15) is 48.2 Å². The Hall–Kier alpha value is -2.10. The molecule has 0 spiro atoms. The number of halogens is 1. The van der Waals surface area contributed by atoms with Gasteiger partial charge in [-0.3, -0.25) is 4.79 Å². The van der Waals surface area contributed by atoms with Crippen LogP contribution in [0, 0.1) is 12.7 Å². The second-order valence-electron chi connectivity index (χ2n) is 5.81. The molecule has 1 heterocycles. The van der Waals surface area contributed by atoms with E-state index in [4.69, 9.17) is 4.42 Å². The van der Waals surface area contributed by atoms with Gasteiger partial charge in [0.25, 0.3) is 5.91 Å². The van der Waals surface area contributed by atoms with Crippen LogP contribution in [0.2, 0.25) is 0 Å². The molecule has 4 heteroatoms. The Labute approximate surface area is 129 Å². The molecule has 0 bridgehead atoms. The maximum Gasteiger partial charge on any atom is 0.287 e. The van der Waals surface area contributed by atoms with Crippen molar-refractivity contribution in [2.24, 2.45) is 0 Å². The normalized spacial score (nSPS) is 14.9. The van der Waals surface area contributed by atoms with Crippen LogP contribution in [0.3, 0.4) is 0 Å². The molecule has 2 aromatic rings. The minimum absolute atomic E-state index is 0.231. The van der Waals surface area contributed by atoms with Crippen LogP contribution in [0.4, 0.5) is 4.39 Å². The molecule has 0 saturated carbocycles. The summed E-state index contributed by atoms with van der Waals surface area (Å²) in [6, 6.07) is 4.29. The van der Waals surface area contributed by atoms with E-state index in [0.29, 0.717) is 23.1 Å². The zero-order valence-electron chi connectivity index (χ0n) is 12.7. The topological polar surface area (TPSA) is 42.2 Å². The molecule has 0 aliphatic heterocycles. The van der Waals surface area contributed by atoms with Crippen LogP contribution >= 0.6 is 0 Å². The highest BCUT2D eigenvalue weighted by atomic mass is 19.1. The van der Waals surface area contributed by atoms with Gasteiger partial charge in [0.1, 0.15) is 11.4 Å². The molecular weight excluding hydrogens is 281 g/mol. The van der Waals surface area contributed by atoms with E-state index in [1.54, 1.807) is 13.0 Å². The lowest BCUT2D eigenvalue weighted by Gasteiger charge is -2.12. The second kappa shape index (κ2) is 6.34. The van der Waals surface area contributed by atoms with Gasteiger partial charge < -0.3 is 9.73 Å². The molecule has 0 fully saturated rings. The van der Waals surface area contributed by atoms with Crippen LogP contribution in [0.15, 0.2) is 34.3 Å². The zero-order chi connectivity index (χ0) is 15.5. The van der Waals surface area contributed by atoms with E-state index in [-0.39, 0.29) is 17.5 Å². The average molecular weight is 301 g/mol. The summed E-state index contributed by atoms with van der Waals surface area (Å²) >= 11 is 0. The average Bonchev–Trinajstić information content (AvgIpc) is 2.85. The number of rotatable bonds is 4. The summed E-state index contributed by atoms with van der Waals surface area (Å²) in [6.45, 7) is 2.39. The lowest BCUT2D eigenvalue weighted by atomic mass is 9.97. The van der Waals surface area contributed by atoms with E-state index in [0.717, 1.165) is 19.3 Å². The zero-order valence-corrected chi connectivity index (χ0v) is 12.7. The van der Waals surface area contributed by atoms with Crippen molar-refractivity contribution >= 4 is 16.9 Å².